The van der Waals surface area contributed by atoms with Crippen molar-refractivity contribution < 1.29 is 14.0 Å². The Morgan fingerprint density at radius 3 is 2.48 bits per heavy atom. The predicted octanol–water partition coefficient (Wildman–Crippen LogP) is 2.52. The van der Waals surface area contributed by atoms with Crippen molar-refractivity contribution in [3.63, 3.8) is 0 Å². The molecular formula is C19H23N5O3. The molecule has 0 unspecified atom stereocenters. The van der Waals surface area contributed by atoms with Crippen LogP contribution in [0.15, 0.2) is 34.7 Å². The van der Waals surface area contributed by atoms with Gasteiger partial charge in [-0.15, -0.1) is 5.10 Å². The number of para-hydroxylation sites is 1. The molecular weight excluding hydrogens is 346 g/mol. The zero-order chi connectivity index (χ0) is 18.9. The standard InChI is InChI=1S/C19H23N5O3/c1-13(17(26)24-11-9-19(7-8-19)10-12-24)20-18-23-22-16(27-18)15(25)21-14-5-3-2-4-6-14/h2-6,13H,7-12H2,1H3,(H,20,23)(H,21,25)/t13-/m0/s1. The zero-order valence-corrected chi connectivity index (χ0v) is 15.3. The number of nitrogens with one attached hydrogen (secondary N) is 2. The summed E-state index contributed by atoms with van der Waals surface area (Å²) >= 11 is 0. The average Bonchev–Trinajstić information content (AvgIpc) is 3.26. The third-order valence-corrected chi connectivity index (χ3v) is 5.45. The average molecular weight is 369 g/mol. The number of amides is 2. The molecule has 8 heteroatoms. The first kappa shape index (κ1) is 17.5. The van der Waals surface area contributed by atoms with Gasteiger partial charge in [0.2, 0.25) is 5.91 Å². The summed E-state index contributed by atoms with van der Waals surface area (Å²) in [6, 6.07) is 8.57. The lowest BCUT2D eigenvalue weighted by Crippen LogP contribution is -2.45. The van der Waals surface area contributed by atoms with Gasteiger partial charge in [-0.3, -0.25) is 9.59 Å². The molecule has 1 aromatic carbocycles. The summed E-state index contributed by atoms with van der Waals surface area (Å²) in [4.78, 5) is 26.7. The number of carbonyl (C=O) groups is 2. The fourth-order valence-corrected chi connectivity index (χ4v) is 3.48. The second kappa shape index (κ2) is 7.02. The van der Waals surface area contributed by atoms with E-state index >= 15 is 0 Å². The molecule has 1 aromatic heterocycles. The fourth-order valence-electron chi connectivity index (χ4n) is 3.48. The normalized spacial score (nSPS) is 18.8. The molecule has 2 amide bonds. The minimum absolute atomic E-state index is 0.0130. The molecule has 8 nitrogen and oxygen atoms in total. The number of rotatable bonds is 5. The van der Waals surface area contributed by atoms with Crippen LogP contribution in [0.25, 0.3) is 0 Å². The smallest absolute Gasteiger partial charge is 0.316 e. The Morgan fingerprint density at radius 1 is 1.11 bits per heavy atom. The van der Waals surface area contributed by atoms with Gasteiger partial charge in [0.05, 0.1) is 0 Å². The Kier molecular flexibility index (Phi) is 4.55. The predicted molar refractivity (Wildman–Crippen MR) is 99.3 cm³/mol. The highest BCUT2D eigenvalue weighted by atomic mass is 16.4. The SMILES string of the molecule is C[C@H](Nc1nnc(C(=O)Nc2ccccc2)o1)C(=O)N1CCC2(CC1)CC2. The Balaban J connectivity index is 1.31. The maximum atomic E-state index is 12.6. The number of hydrogen-bond donors (Lipinski definition) is 2. The van der Waals surface area contributed by atoms with E-state index in [4.69, 9.17) is 4.42 Å². The third kappa shape index (κ3) is 3.94. The minimum Gasteiger partial charge on any atom is -0.399 e. The lowest BCUT2D eigenvalue weighted by Gasteiger charge is -2.33. The van der Waals surface area contributed by atoms with Crippen molar-refractivity contribution >= 4 is 23.5 Å². The molecule has 142 valence electrons. The van der Waals surface area contributed by atoms with Crippen LogP contribution >= 0.6 is 0 Å². The number of nitrogens with zero attached hydrogens (tertiary/aromatic N) is 3. The number of likely N-dealkylation sites (tertiary alicyclic amines) is 1. The maximum absolute atomic E-state index is 12.6. The van der Waals surface area contributed by atoms with E-state index in [1.165, 1.54) is 12.8 Å². The van der Waals surface area contributed by atoms with Gasteiger partial charge in [0, 0.05) is 18.8 Å². The number of carbonyl (C=O) groups excluding carboxylic acids is 2. The molecule has 1 saturated heterocycles. The highest BCUT2D eigenvalue weighted by molar-refractivity contribution is 6.00. The topological polar surface area (TPSA) is 100 Å². The van der Waals surface area contributed by atoms with E-state index in [2.05, 4.69) is 20.8 Å². The van der Waals surface area contributed by atoms with Gasteiger partial charge in [-0.25, -0.2) is 0 Å². The van der Waals surface area contributed by atoms with E-state index in [-0.39, 0.29) is 17.8 Å². The van der Waals surface area contributed by atoms with Crippen LogP contribution in [-0.2, 0) is 4.79 Å². The van der Waals surface area contributed by atoms with E-state index in [1.54, 1.807) is 19.1 Å². The van der Waals surface area contributed by atoms with Crippen LogP contribution in [0, 0.1) is 5.41 Å². The Bertz CT molecular complexity index is 821. The van der Waals surface area contributed by atoms with E-state index in [1.807, 2.05) is 23.1 Å². The molecule has 2 heterocycles. The monoisotopic (exact) mass is 369 g/mol. The lowest BCUT2D eigenvalue weighted by atomic mass is 9.93. The first-order valence-corrected chi connectivity index (χ1v) is 9.30. The van der Waals surface area contributed by atoms with Gasteiger partial charge in [0.1, 0.15) is 6.04 Å². The summed E-state index contributed by atoms with van der Waals surface area (Å²) in [6.07, 6.45) is 4.79. The molecule has 1 atom stereocenters. The van der Waals surface area contributed by atoms with Gasteiger partial charge in [0.25, 0.3) is 0 Å². The van der Waals surface area contributed by atoms with Crippen LogP contribution in [0.2, 0.25) is 0 Å². The van der Waals surface area contributed by atoms with Crippen LogP contribution in [0.3, 0.4) is 0 Å². The van der Waals surface area contributed by atoms with Gasteiger partial charge < -0.3 is 20.0 Å². The van der Waals surface area contributed by atoms with Gasteiger partial charge in [0.15, 0.2) is 0 Å². The lowest BCUT2D eigenvalue weighted by molar-refractivity contribution is -0.133. The summed E-state index contributed by atoms with van der Waals surface area (Å²) in [5.74, 6) is -0.639. The Morgan fingerprint density at radius 2 is 1.81 bits per heavy atom. The Hall–Kier alpha value is -2.90. The molecule has 2 aromatic rings. The molecule has 1 saturated carbocycles. The molecule has 1 spiro atoms. The third-order valence-electron chi connectivity index (χ3n) is 5.45. The number of aromatic nitrogens is 2. The second-order valence-electron chi connectivity index (χ2n) is 7.42. The molecule has 0 bridgehead atoms. The quantitative estimate of drug-likeness (QED) is 0.840. The van der Waals surface area contributed by atoms with Crippen LogP contribution in [-0.4, -0.2) is 46.0 Å². The van der Waals surface area contributed by atoms with Gasteiger partial charge in [-0.1, -0.05) is 23.3 Å². The fraction of sp³-hybridized carbons (Fsp3) is 0.474. The highest BCUT2D eigenvalue weighted by Crippen LogP contribution is 2.53. The summed E-state index contributed by atoms with van der Waals surface area (Å²) in [5.41, 5.74) is 1.17. The van der Waals surface area contributed by atoms with Crippen LogP contribution in [0.5, 0.6) is 0 Å². The molecule has 2 fully saturated rings. The van der Waals surface area contributed by atoms with E-state index in [0.717, 1.165) is 25.9 Å². The first-order valence-electron chi connectivity index (χ1n) is 9.30. The van der Waals surface area contributed by atoms with Crippen molar-refractivity contribution in [3.8, 4) is 0 Å². The maximum Gasteiger partial charge on any atom is 0.316 e. The first-order chi connectivity index (χ1) is 13.0. The minimum atomic E-state index is -0.497. The summed E-state index contributed by atoms with van der Waals surface area (Å²) in [6.45, 7) is 3.37. The molecule has 2 aliphatic rings. The van der Waals surface area contributed by atoms with Crippen molar-refractivity contribution in [2.45, 2.75) is 38.6 Å². The molecule has 1 aliphatic heterocycles. The Labute approximate surface area is 157 Å². The number of benzene rings is 1. The molecule has 2 N–H and O–H groups in total. The van der Waals surface area contributed by atoms with Crippen molar-refractivity contribution in [1.29, 1.82) is 0 Å². The van der Waals surface area contributed by atoms with E-state index < -0.39 is 11.9 Å². The molecule has 27 heavy (non-hydrogen) atoms. The van der Waals surface area contributed by atoms with Crippen LogP contribution in [0.1, 0.15) is 43.3 Å². The van der Waals surface area contributed by atoms with Crippen molar-refractivity contribution in [2.75, 3.05) is 23.7 Å². The summed E-state index contributed by atoms with van der Waals surface area (Å²) < 4.78 is 5.35. The van der Waals surface area contributed by atoms with Crippen LogP contribution in [0.4, 0.5) is 11.7 Å². The number of hydrogen-bond acceptors (Lipinski definition) is 6. The second-order valence-corrected chi connectivity index (χ2v) is 7.42. The van der Waals surface area contributed by atoms with Crippen molar-refractivity contribution in [1.82, 2.24) is 15.1 Å². The largest absolute Gasteiger partial charge is 0.399 e. The van der Waals surface area contributed by atoms with Crippen LogP contribution < -0.4 is 10.6 Å². The van der Waals surface area contributed by atoms with Gasteiger partial charge >= 0.3 is 17.8 Å². The highest BCUT2D eigenvalue weighted by Gasteiger charge is 2.45. The van der Waals surface area contributed by atoms with Gasteiger partial charge in [-0.2, -0.15) is 0 Å². The number of piperidine rings is 1. The number of anilines is 2. The molecule has 4 rings (SSSR count). The molecule has 1 aliphatic carbocycles. The summed E-state index contributed by atoms with van der Waals surface area (Å²) in [5, 5.41) is 13.1. The van der Waals surface area contributed by atoms with Crippen molar-refractivity contribution in [3.05, 3.63) is 36.2 Å². The summed E-state index contributed by atoms with van der Waals surface area (Å²) in [7, 11) is 0. The van der Waals surface area contributed by atoms with Gasteiger partial charge in [-0.05, 0) is 50.2 Å². The van der Waals surface area contributed by atoms with E-state index in [9.17, 15) is 9.59 Å². The zero-order valence-electron chi connectivity index (χ0n) is 15.3. The molecule has 0 radical (unpaired) electrons. The van der Waals surface area contributed by atoms with E-state index in [0.29, 0.717) is 11.1 Å². The van der Waals surface area contributed by atoms with Crippen molar-refractivity contribution in [2.24, 2.45) is 5.41 Å².